The summed E-state index contributed by atoms with van der Waals surface area (Å²) in [5.41, 5.74) is 1.04. The zero-order valence-electron chi connectivity index (χ0n) is 8.40. The second-order valence-corrected chi connectivity index (χ2v) is 4.20. The molecule has 1 saturated heterocycles. The molecule has 2 rings (SSSR count). The highest BCUT2D eigenvalue weighted by atomic mass is 35.5. The number of halogens is 4. The molecule has 1 aromatic rings. The molecule has 2 N–H and O–H groups in total. The van der Waals surface area contributed by atoms with Gasteiger partial charge in [0.25, 0.3) is 0 Å². The van der Waals surface area contributed by atoms with Crippen LogP contribution in [0.1, 0.15) is 24.4 Å². The van der Waals surface area contributed by atoms with E-state index in [2.05, 4.69) is 4.98 Å². The molecule has 1 fully saturated rings. The second-order valence-electron chi connectivity index (χ2n) is 3.44. The van der Waals surface area contributed by atoms with Crippen LogP contribution >= 0.6 is 48.0 Å². The van der Waals surface area contributed by atoms with Crippen molar-refractivity contribution in [3.05, 3.63) is 28.0 Å². The van der Waals surface area contributed by atoms with Crippen molar-refractivity contribution in [2.24, 2.45) is 5.84 Å². The van der Waals surface area contributed by atoms with Crippen LogP contribution in [0.2, 0.25) is 10.2 Å². The van der Waals surface area contributed by atoms with Crippen LogP contribution in [0, 0.1) is 0 Å². The zero-order chi connectivity index (χ0) is 10.1. The highest BCUT2D eigenvalue weighted by molar-refractivity contribution is 6.41. The normalized spacial score (nSPS) is 20.1. The second kappa shape index (κ2) is 6.84. The number of hydrogen-bond acceptors (Lipinski definition) is 3. The lowest BCUT2D eigenvalue weighted by molar-refractivity contribution is 0.266. The van der Waals surface area contributed by atoms with E-state index >= 15 is 0 Å². The summed E-state index contributed by atoms with van der Waals surface area (Å²) < 4.78 is 0. The fraction of sp³-hybridized carbons (Fsp3) is 0.444. The Labute approximate surface area is 117 Å². The van der Waals surface area contributed by atoms with E-state index in [0.717, 1.165) is 24.9 Å². The Bertz CT molecular complexity index is 348. The Morgan fingerprint density at radius 3 is 2.56 bits per heavy atom. The fourth-order valence-electron chi connectivity index (χ4n) is 1.77. The smallest absolute Gasteiger partial charge is 0.147 e. The molecule has 0 radical (unpaired) electrons. The summed E-state index contributed by atoms with van der Waals surface area (Å²) in [6.07, 6.45) is 3.90. The number of rotatable bonds is 1. The maximum absolute atomic E-state index is 5.89. The van der Waals surface area contributed by atoms with E-state index in [1.54, 1.807) is 6.20 Å². The summed E-state index contributed by atoms with van der Waals surface area (Å²) in [6, 6.07) is 2.07. The molecule has 0 aromatic carbocycles. The van der Waals surface area contributed by atoms with Crippen LogP contribution in [0.25, 0.3) is 0 Å². The first-order valence-corrected chi connectivity index (χ1v) is 5.26. The molecule has 3 nitrogen and oxygen atoms in total. The first kappa shape index (κ1) is 16.2. The van der Waals surface area contributed by atoms with Gasteiger partial charge in [-0.15, -0.1) is 24.8 Å². The van der Waals surface area contributed by atoms with Crippen molar-refractivity contribution in [2.45, 2.75) is 18.9 Å². The first-order chi connectivity index (χ1) is 6.68. The van der Waals surface area contributed by atoms with Crippen LogP contribution in [0.4, 0.5) is 0 Å². The van der Waals surface area contributed by atoms with Crippen LogP contribution in [0.15, 0.2) is 12.3 Å². The number of pyridine rings is 1. The van der Waals surface area contributed by atoms with Gasteiger partial charge in [-0.25, -0.2) is 9.99 Å². The molecule has 0 amide bonds. The van der Waals surface area contributed by atoms with Gasteiger partial charge in [-0.05, 0) is 24.5 Å². The molecule has 0 bridgehead atoms. The average Bonchev–Trinajstić information content (AvgIpc) is 2.57. The van der Waals surface area contributed by atoms with E-state index in [1.165, 1.54) is 0 Å². The molecule has 16 heavy (non-hydrogen) atoms. The molecule has 2 heterocycles. The lowest BCUT2D eigenvalue weighted by atomic mass is 10.1. The van der Waals surface area contributed by atoms with Crippen molar-refractivity contribution in [3.63, 3.8) is 0 Å². The standard InChI is InChI=1S/C9H11Cl2N3.2ClH/c10-7-4-6(5-13-9(7)11)8-2-1-3-14(8)12;;/h4-5,8H,1-3,12H2;2*1H/t8-;;/m0../s1. The van der Waals surface area contributed by atoms with E-state index in [1.807, 2.05) is 11.1 Å². The van der Waals surface area contributed by atoms with Crippen molar-refractivity contribution in [1.29, 1.82) is 0 Å². The van der Waals surface area contributed by atoms with Gasteiger partial charge in [0.1, 0.15) is 5.15 Å². The summed E-state index contributed by atoms with van der Waals surface area (Å²) in [4.78, 5) is 4.01. The number of nitrogens with two attached hydrogens (primary N) is 1. The van der Waals surface area contributed by atoms with Crippen LogP contribution in [0.3, 0.4) is 0 Å². The minimum Gasteiger partial charge on any atom is -0.268 e. The number of hydrazine groups is 1. The molecule has 1 aromatic heterocycles. The zero-order valence-corrected chi connectivity index (χ0v) is 11.5. The Morgan fingerprint density at radius 2 is 2.06 bits per heavy atom. The highest BCUT2D eigenvalue weighted by Gasteiger charge is 2.23. The van der Waals surface area contributed by atoms with Crippen LogP contribution < -0.4 is 5.84 Å². The van der Waals surface area contributed by atoms with Crippen LogP contribution in [-0.4, -0.2) is 16.5 Å². The molecule has 0 spiro atoms. The SMILES string of the molecule is Cl.Cl.NN1CCC[C@H]1c1cnc(Cl)c(Cl)c1. The van der Waals surface area contributed by atoms with Gasteiger partial charge in [-0.2, -0.15) is 0 Å². The van der Waals surface area contributed by atoms with Gasteiger partial charge in [0.15, 0.2) is 0 Å². The minimum atomic E-state index is 0. The molecular weight excluding hydrogens is 292 g/mol. The van der Waals surface area contributed by atoms with Crippen molar-refractivity contribution in [2.75, 3.05) is 6.54 Å². The quantitative estimate of drug-likeness (QED) is 0.640. The lowest BCUT2D eigenvalue weighted by Crippen LogP contribution is -2.30. The molecule has 7 heteroatoms. The van der Waals surface area contributed by atoms with Crippen molar-refractivity contribution in [1.82, 2.24) is 9.99 Å². The molecule has 1 aliphatic heterocycles. The first-order valence-electron chi connectivity index (χ1n) is 4.51. The predicted octanol–water partition coefficient (Wildman–Crippen LogP) is 3.24. The Kier molecular flexibility index (Phi) is 6.94. The third-order valence-corrected chi connectivity index (χ3v) is 3.18. The lowest BCUT2D eigenvalue weighted by Gasteiger charge is -2.19. The van der Waals surface area contributed by atoms with E-state index in [-0.39, 0.29) is 30.9 Å². The third-order valence-electron chi connectivity index (χ3n) is 2.50. The van der Waals surface area contributed by atoms with Gasteiger partial charge >= 0.3 is 0 Å². The van der Waals surface area contributed by atoms with Gasteiger partial charge in [-0.3, -0.25) is 5.84 Å². The summed E-state index contributed by atoms with van der Waals surface area (Å²) in [7, 11) is 0. The molecule has 92 valence electrons. The molecule has 0 saturated carbocycles. The van der Waals surface area contributed by atoms with Crippen molar-refractivity contribution < 1.29 is 0 Å². The fourth-order valence-corrected chi connectivity index (χ4v) is 2.04. The molecule has 0 aliphatic carbocycles. The topological polar surface area (TPSA) is 42.1 Å². The van der Waals surface area contributed by atoms with Crippen molar-refractivity contribution >= 4 is 48.0 Å². The summed E-state index contributed by atoms with van der Waals surface area (Å²) in [5, 5.41) is 2.66. The Morgan fingerprint density at radius 1 is 1.38 bits per heavy atom. The summed E-state index contributed by atoms with van der Waals surface area (Å²) in [5.74, 6) is 5.83. The van der Waals surface area contributed by atoms with E-state index in [0.29, 0.717) is 10.2 Å². The minimum absolute atomic E-state index is 0. The Balaban J connectivity index is 0.00000112. The van der Waals surface area contributed by atoms with Gasteiger partial charge in [0.05, 0.1) is 11.1 Å². The number of nitrogens with zero attached hydrogens (tertiary/aromatic N) is 2. The van der Waals surface area contributed by atoms with E-state index < -0.39 is 0 Å². The molecule has 1 aliphatic rings. The number of hydrogen-bond donors (Lipinski definition) is 1. The average molecular weight is 305 g/mol. The molecular formula is C9H13Cl4N3. The van der Waals surface area contributed by atoms with E-state index in [4.69, 9.17) is 29.0 Å². The van der Waals surface area contributed by atoms with Gasteiger partial charge in [-0.1, -0.05) is 23.2 Å². The van der Waals surface area contributed by atoms with Crippen LogP contribution in [0.5, 0.6) is 0 Å². The number of aromatic nitrogens is 1. The molecule has 1 atom stereocenters. The highest BCUT2D eigenvalue weighted by Crippen LogP contribution is 2.31. The maximum atomic E-state index is 5.89. The van der Waals surface area contributed by atoms with Gasteiger partial charge < -0.3 is 0 Å². The summed E-state index contributed by atoms with van der Waals surface area (Å²) >= 11 is 11.6. The Hall–Kier alpha value is 0.230. The van der Waals surface area contributed by atoms with Gasteiger partial charge in [0, 0.05) is 12.7 Å². The van der Waals surface area contributed by atoms with Crippen molar-refractivity contribution in [3.8, 4) is 0 Å². The largest absolute Gasteiger partial charge is 0.268 e. The predicted molar refractivity (Wildman–Crippen MR) is 71.6 cm³/mol. The third kappa shape index (κ3) is 3.36. The maximum Gasteiger partial charge on any atom is 0.147 e. The van der Waals surface area contributed by atoms with E-state index in [9.17, 15) is 0 Å². The summed E-state index contributed by atoms with van der Waals surface area (Å²) in [6.45, 7) is 0.922. The molecule has 0 unspecified atom stereocenters. The van der Waals surface area contributed by atoms with Crippen LogP contribution in [-0.2, 0) is 0 Å². The van der Waals surface area contributed by atoms with Gasteiger partial charge in [0.2, 0.25) is 0 Å². The monoisotopic (exact) mass is 303 g/mol.